The summed E-state index contributed by atoms with van der Waals surface area (Å²) in [6.45, 7) is 4.91. The van der Waals surface area contributed by atoms with Crippen molar-refractivity contribution in [2.45, 2.75) is 44.8 Å². The minimum Gasteiger partial charge on any atom is -0.491 e. The topological polar surface area (TPSA) is 38.8 Å². The third kappa shape index (κ3) is 3.50. The van der Waals surface area contributed by atoms with E-state index < -0.39 is 0 Å². The lowest BCUT2D eigenvalue weighted by Gasteiger charge is -2.43. The zero-order valence-electron chi connectivity index (χ0n) is 13.3. The minimum atomic E-state index is 0.0503. The molecule has 0 N–H and O–H groups in total. The number of nitrogens with zero attached hydrogens (tertiary/aromatic N) is 1. The normalized spacial score (nSPS) is 25.5. The van der Waals surface area contributed by atoms with Crippen LogP contribution in [0.4, 0.5) is 0 Å². The largest absolute Gasteiger partial charge is 0.491 e. The Hall–Kier alpha value is -1.39. The highest BCUT2D eigenvalue weighted by Crippen LogP contribution is 2.28. The number of fused-ring (bicyclic) bond motifs is 1. The molecule has 4 nitrogen and oxygen atoms in total. The molecule has 4 heteroatoms. The van der Waals surface area contributed by atoms with Gasteiger partial charge in [-0.2, -0.15) is 0 Å². The summed E-state index contributed by atoms with van der Waals surface area (Å²) in [7, 11) is 0. The predicted molar refractivity (Wildman–Crippen MR) is 85.5 cm³/mol. The molecule has 1 aromatic rings. The number of rotatable bonds is 5. The molecule has 1 saturated carbocycles. The number of ether oxygens (including phenoxy) is 2. The molecule has 22 heavy (non-hydrogen) atoms. The molecule has 1 aromatic carbocycles. The van der Waals surface area contributed by atoms with Crippen molar-refractivity contribution >= 4 is 5.78 Å². The van der Waals surface area contributed by atoms with Crippen LogP contribution in [0.5, 0.6) is 5.75 Å². The molecule has 1 aliphatic carbocycles. The molecule has 0 aromatic heterocycles. The summed E-state index contributed by atoms with van der Waals surface area (Å²) >= 11 is 0. The Kier molecular flexibility index (Phi) is 5.11. The first-order chi connectivity index (χ1) is 10.8. The van der Waals surface area contributed by atoms with E-state index in [1.165, 1.54) is 25.7 Å². The van der Waals surface area contributed by atoms with E-state index in [2.05, 4.69) is 4.90 Å². The summed E-state index contributed by atoms with van der Waals surface area (Å²) in [5, 5.41) is 0. The fourth-order valence-corrected chi connectivity index (χ4v) is 3.61. The van der Waals surface area contributed by atoms with Crippen LogP contribution in [-0.2, 0) is 4.74 Å². The Morgan fingerprint density at radius 2 is 2.14 bits per heavy atom. The smallest absolute Gasteiger partial charge is 0.163 e. The van der Waals surface area contributed by atoms with Gasteiger partial charge in [0, 0.05) is 19.1 Å². The lowest BCUT2D eigenvalue weighted by atomic mass is 9.90. The Labute approximate surface area is 132 Å². The van der Waals surface area contributed by atoms with Gasteiger partial charge in [-0.1, -0.05) is 25.0 Å². The maximum Gasteiger partial charge on any atom is 0.163 e. The monoisotopic (exact) mass is 303 g/mol. The van der Waals surface area contributed by atoms with E-state index in [4.69, 9.17) is 9.47 Å². The van der Waals surface area contributed by atoms with Crippen molar-refractivity contribution in [3.05, 3.63) is 29.8 Å². The van der Waals surface area contributed by atoms with Gasteiger partial charge in [-0.15, -0.1) is 0 Å². The first kappa shape index (κ1) is 15.5. The average Bonchev–Trinajstić information content (AvgIpc) is 2.55. The number of para-hydroxylation sites is 1. The summed E-state index contributed by atoms with van der Waals surface area (Å²) in [6, 6.07) is 8.03. The molecule has 1 heterocycles. The first-order valence-corrected chi connectivity index (χ1v) is 8.34. The van der Waals surface area contributed by atoms with Gasteiger partial charge in [0.1, 0.15) is 12.4 Å². The summed E-state index contributed by atoms with van der Waals surface area (Å²) < 4.78 is 11.8. The van der Waals surface area contributed by atoms with Crippen molar-refractivity contribution in [3.8, 4) is 5.75 Å². The van der Waals surface area contributed by atoms with Crippen molar-refractivity contribution < 1.29 is 14.3 Å². The molecule has 0 radical (unpaired) electrons. The van der Waals surface area contributed by atoms with Crippen LogP contribution in [0, 0.1) is 0 Å². The third-order valence-corrected chi connectivity index (χ3v) is 4.75. The van der Waals surface area contributed by atoms with Gasteiger partial charge in [0.15, 0.2) is 5.78 Å². The van der Waals surface area contributed by atoms with Gasteiger partial charge in [0.25, 0.3) is 0 Å². The quantitative estimate of drug-likeness (QED) is 0.784. The van der Waals surface area contributed by atoms with Crippen molar-refractivity contribution in [1.82, 2.24) is 4.90 Å². The molecular formula is C18H25NO3. The lowest BCUT2D eigenvalue weighted by molar-refractivity contribution is -0.0901. The summed E-state index contributed by atoms with van der Waals surface area (Å²) in [6.07, 6.45) is 5.42. The van der Waals surface area contributed by atoms with Crippen LogP contribution in [0.1, 0.15) is 43.0 Å². The van der Waals surface area contributed by atoms with E-state index in [-0.39, 0.29) is 5.78 Å². The second kappa shape index (κ2) is 7.25. The average molecular weight is 303 g/mol. The Balaban J connectivity index is 1.55. The van der Waals surface area contributed by atoms with Crippen LogP contribution in [0.25, 0.3) is 0 Å². The van der Waals surface area contributed by atoms with Gasteiger partial charge >= 0.3 is 0 Å². The zero-order chi connectivity index (χ0) is 15.4. The second-order valence-electron chi connectivity index (χ2n) is 6.20. The van der Waals surface area contributed by atoms with Crippen LogP contribution in [-0.4, -0.2) is 49.1 Å². The van der Waals surface area contributed by atoms with Gasteiger partial charge in [0.2, 0.25) is 0 Å². The number of hydrogen-bond donors (Lipinski definition) is 0. The number of hydrogen-bond acceptors (Lipinski definition) is 4. The highest BCUT2D eigenvalue weighted by molar-refractivity contribution is 5.96. The van der Waals surface area contributed by atoms with E-state index >= 15 is 0 Å². The molecule has 2 atom stereocenters. The second-order valence-corrected chi connectivity index (χ2v) is 6.20. The molecule has 3 rings (SSSR count). The Bertz CT molecular complexity index is 515. The zero-order valence-corrected chi connectivity index (χ0v) is 13.3. The van der Waals surface area contributed by atoms with Gasteiger partial charge in [0.05, 0.1) is 18.3 Å². The number of ketones is 1. The molecule has 2 fully saturated rings. The van der Waals surface area contributed by atoms with Gasteiger partial charge in [-0.05, 0) is 31.9 Å². The Morgan fingerprint density at radius 1 is 1.32 bits per heavy atom. The maximum atomic E-state index is 11.6. The summed E-state index contributed by atoms with van der Waals surface area (Å²) in [5.74, 6) is 0.748. The lowest BCUT2D eigenvalue weighted by Crippen LogP contribution is -2.53. The standard InChI is InChI=1S/C18H25NO3/c1-14(20)15-6-2-4-8-17(15)21-12-10-19-11-13-22-18-9-5-3-7-16(18)19/h2,4,6,8,16,18H,3,5,7,9-13H2,1H3/t16-,18+/m1/s1. The highest BCUT2D eigenvalue weighted by atomic mass is 16.5. The molecule has 0 spiro atoms. The van der Waals surface area contributed by atoms with E-state index in [0.717, 1.165) is 19.7 Å². The predicted octanol–water partition coefficient (Wildman–Crippen LogP) is 2.91. The van der Waals surface area contributed by atoms with Crippen LogP contribution in [0.3, 0.4) is 0 Å². The van der Waals surface area contributed by atoms with Crippen molar-refractivity contribution in [1.29, 1.82) is 0 Å². The van der Waals surface area contributed by atoms with Crippen molar-refractivity contribution in [2.24, 2.45) is 0 Å². The number of morpholine rings is 1. The van der Waals surface area contributed by atoms with Crippen molar-refractivity contribution in [3.63, 3.8) is 0 Å². The van der Waals surface area contributed by atoms with Gasteiger partial charge < -0.3 is 9.47 Å². The van der Waals surface area contributed by atoms with Gasteiger partial charge in [-0.25, -0.2) is 0 Å². The SMILES string of the molecule is CC(=O)c1ccccc1OCCN1CCO[C@H]2CCCC[C@H]21. The molecule has 1 aliphatic heterocycles. The van der Waals surface area contributed by atoms with E-state index in [9.17, 15) is 4.79 Å². The first-order valence-electron chi connectivity index (χ1n) is 8.34. The molecular weight excluding hydrogens is 278 g/mol. The fourth-order valence-electron chi connectivity index (χ4n) is 3.61. The molecule has 120 valence electrons. The molecule has 0 unspecified atom stereocenters. The summed E-state index contributed by atoms with van der Waals surface area (Å²) in [4.78, 5) is 14.1. The van der Waals surface area contributed by atoms with Gasteiger partial charge in [-0.3, -0.25) is 9.69 Å². The molecule has 0 amide bonds. The number of carbonyl (C=O) groups is 1. The van der Waals surface area contributed by atoms with Crippen LogP contribution < -0.4 is 4.74 Å². The number of benzene rings is 1. The van der Waals surface area contributed by atoms with E-state index in [1.54, 1.807) is 6.92 Å². The number of carbonyl (C=O) groups excluding carboxylic acids is 1. The fraction of sp³-hybridized carbons (Fsp3) is 0.611. The molecule has 2 aliphatic rings. The maximum absolute atomic E-state index is 11.6. The molecule has 1 saturated heterocycles. The van der Waals surface area contributed by atoms with E-state index in [1.807, 2.05) is 24.3 Å². The molecule has 0 bridgehead atoms. The summed E-state index contributed by atoms with van der Waals surface area (Å²) in [5.41, 5.74) is 0.667. The minimum absolute atomic E-state index is 0.0503. The van der Waals surface area contributed by atoms with Crippen LogP contribution in [0.2, 0.25) is 0 Å². The Morgan fingerprint density at radius 3 is 3.00 bits per heavy atom. The van der Waals surface area contributed by atoms with Crippen molar-refractivity contribution in [2.75, 3.05) is 26.3 Å². The van der Waals surface area contributed by atoms with Crippen LogP contribution in [0.15, 0.2) is 24.3 Å². The number of Topliss-reactive ketones (excluding diaryl/α,β-unsaturated/α-hetero) is 1. The third-order valence-electron chi connectivity index (χ3n) is 4.75. The van der Waals surface area contributed by atoms with E-state index in [0.29, 0.717) is 30.1 Å². The van der Waals surface area contributed by atoms with Crippen LogP contribution >= 0.6 is 0 Å². The highest BCUT2D eigenvalue weighted by Gasteiger charge is 2.33.